The molecule has 0 heterocycles. The van der Waals surface area contributed by atoms with E-state index in [1.54, 1.807) is 50.6 Å². The van der Waals surface area contributed by atoms with Crippen LogP contribution in [0.25, 0.3) is 0 Å². The van der Waals surface area contributed by atoms with Gasteiger partial charge in [-0.3, -0.25) is 4.79 Å². The number of carbonyl (C=O) groups is 1. The molecule has 0 spiro atoms. The van der Waals surface area contributed by atoms with Gasteiger partial charge in [0.2, 0.25) is 0 Å². The summed E-state index contributed by atoms with van der Waals surface area (Å²) in [5.74, 6) is 1.58. The lowest BCUT2D eigenvalue weighted by Gasteiger charge is -2.12. The first-order chi connectivity index (χ1) is 13.1. The first-order valence-corrected chi connectivity index (χ1v) is 8.96. The van der Waals surface area contributed by atoms with E-state index >= 15 is 0 Å². The van der Waals surface area contributed by atoms with Crippen LogP contribution in [0.2, 0.25) is 5.02 Å². The summed E-state index contributed by atoms with van der Waals surface area (Å²) < 4.78 is 21.2. The molecule has 0 unspecified atom stereocenters. The quantitative estimate of drug-likeness (QED) is 0.623. The first kappa shape index (κ1) is 20.9. The highest BCUT2D eigenvalue weighted by Crippen LogP contribution is 2.33. The highest BCUT2D eigenvalue weighted by molar-refractivity contribution is 6.31. The van der Waals surface area contributed by atoms with Crippen LogP contribution in [0.5, 0.6) is 17.2 Å². The Kier molecular flexibility index (Phi) is 8.23. The fourth-order valence-electron chi connectivity index (χ4n) is 2.37. The van der Waals surface area contributed by atoms with Gasteiger partial charge in [-0.05, 0) is 42.8 Å². The van der Waals surface area contributed by atoms with Crippen LogP contribution in [0, 0.1) is 0 Å². The van der Waals surface area contributed by atoms with Gasteiger partial charge >= 0.3 is 0 Å². The summed E-state index contributed by atoms with van der Waals surface area (Å²) in [6.07, 6.45) is 0. The predicted molar refractivity (Wildman–Crippen MR) is 104 cm³/mol. The van der Waals surface area contributed by atoms with Crippen molar-refractivity contribution in [2.75, 3.05) is 34.0 Å². The van der Waals surface area contributed by atoms with Crippen molar-refractivity contribution in [3.05, 3.63) is 52.5 Å². The Morgan fingerprint density at radius 1 is 1.04 bits per heavy atom. The van der Waals surface area contributed by atoms with E-state index < -0.39 is 0 Å². The molecular weight excluding hydrogens is 370 g/mol. The first-order valence-electron chi connectivity index (χ1n) is 8.58. The van der Waals surface area contributed by atoms with Gasteiger partial charge in [0.1, 0.15) is 12.4 Å². The molecule has 2 rings (SSSR count). The van der Waals surface area contributed by atoms with Crippen molar-refractivity contribution in [2.24, 2.45) is 0 Å². The molecule has 2 aromatic rings. The van der Waals surface area contributed by atoms with E-state index in [9.17, 15) is 4.79 Å². The Labute approximate surface area is 164 Å². The predicted octanol–water partition coefficient (Wildman–Crippen LogP) is 3.70. The van der Waals surface area contributed by atoms with Crippen molar-refractivity contribution in [3.8, 4) is 17.2 Å². The van der Waals surface area contributed by atoms with Crippen molar-refractivity contribution in [1.82, 2.24) is 5.32 Å². The van der Waals surface area contributed by atoms with E-state index in [1.165, 1.54) is 0 Å². The van der Waals surface area contributed by atoms with Crippen molar-refractivity contribution < 1.29 is 23.7 Å². The Balaban J connectivity index is 1.94. The number of hydrogen-bond donors (Lipinski definition) is 1. The third-order valence-electron chi connectivity index (χ3n) is 3.81. The summed E-state index contributed by atoms with van der Waals surface area (Å²) in [7, 11) is 3.09. The highest BCUT2D eigenvalue weighted by atomic mass is 35.5. The summed E-state index contributed by atoms with van der Waals surface area (Å²) in [6, 6.07) is 10.3. The van der Waals surface area contributed by atoms with Crippen LogP contribution < -0.4 is 19.5 Å². The molecule has 0 bridgehead atoms. The Morgan fingerprint density at radius 2 is 1.70 bits per heavy atom. The van der Waals surface area contributed by atoms with Crippen molar-refractivity contribution in [2.45, 2.75) is 13.5 Å². The number of rotatable bonds is 10. The molecule has 0 aliphatic rings. The Hall–Kier alpha value is -2.44. The van der Waals surface area contributed by atoms with Crippen LogP contribution in [-0.4, -0.2) is 39.9 Å². The number of methoxy groups -OCH3 is 2. The number of amides is 1. The summed E-state index contributed by atoms with van der Waals surface area (Å²) in [5.41, 5.74) is 1.27. The van der Waals surface area contributed by atoms with Crippen LogP contribution >= 0.6 is 11.6 Å². The van der Waals surface area contributed by atoms with Gasteiger partial charge in [0, 0.05) is 29.8 Å². The van der Waals surface area contributed by atoms with Gasteiger partial charge < -0.3 is 24.3 Å². The monoisotopic (exact) mass is 393 g/mol. The third-order valence-corrected chi connectivity index (χ3v) is 4.16. The lowest BCUT2D eigenvalue weighted by molar-refractivity contribution is 0.0950. The normalized spacial score (nSPS) is 10.4. The highest BCUT2D eigenvalue weighted by Gasteiger charge is 2.12. The molecular formula is C20H24ClNO5. The Bertz CT molecular complexity index is 749. The molecule has 1 N–H and O–H groups in total. The number of ether oxygens (including phenoxy) is 4. The van der Waals surface area contributed by atoms with Gasteiger partial charge in [-0.25, -0.2) is 0 Å². The maximum Gasteiger partial charge on any atom is 0.251 e. The maximum absolute atomic E-state index is 12.3. The molecule has 0 aliphatic carbocycles. The minimum atomic E-state index is -0.207. The molecule has 0 radical (unpaired) electrons. The molecule has 7 heteroatoms. The van der Waals surface area contributed by atoms with E-state index in [0.29, 0.717) is 47.7 Å². The summed E-state index contributed by atoms with van der Waals surface area (Å²) in [6.45, 7) is 3.86. The van der Waals surface area contributed by atoms with Crippen LogP contribution in [0.1, 0.15) is 22.8 Å². The molecule has 2 aromatic carbocycles. The number of hydrogen-bond acceptors (Lipinski definition) is 5. The van der Waals surface area contributed by atoms with Gasteiger partial charge in [0.25, 0.3) is 5.91 Å². The van der Waals surface area contributed by atoms with E-state index in [-0.39, 0.29) is 12.5 Å². The smallest absolute Gasteiger partial charge is 0.251 e. The minimum Gasteiger partial charge on any atom is -0.493 e. The minimum absolute atomic E-state index is 0.207. The number of nitrogens with one attached hydrogen (secondary N) is 1. The number of halogens is 1. The second-order valence-corrected chi connectivity index (χ2v) is 5.96. The molecule has 27 heavy (non-hydrogen) atoms. The lowest BCUT2D eigenvalue weighted by atomic mass is 10.1. The third kappa shape index (κ3) is 6.05. The SMILES string of the molecule is CCOCCOc1ccc(C(=O)NCc2cc(OC)c(OC)cc2Cl)cc1. The van der Waals surface area contributed by atoms with E-state index in [4.69, 9.17) is 30.5 Å². The number of carbonyl (C=O) groups excluding carboxylic acids is 1. The molecule has 0 saturated heterocycles. The van der Waals surface area contributed by atoms with Crippen molar-refractivity contribution in [3.63, 3.8) is 0 Å². The van der Waals surface area contributed by atoms with Crippen LogP contribution in [0.4, 0.5) is 0 Å². The zero-order chi connectivity index (χ0) is 19.6. The van der Waals surface area contributed by atoms with Gasteiger partial charge in [0.05, 0.1) is 20.8 Å². The van der Waals surface area contributed by atoms with Gasteiger partial charge in [0.15, 0.2) is 11.5 Å². The summed E-state index contributed by atoms with van der Waals surface area (Å²) in [4.78, 5) is 12.3. The van der Waals surface area contributed by atoms with Crippen molar-refractivity contribution >= 4 is 17.5 Å². The Morgan fingerprint density at radius 3 is 2.33 bits per heavy atom. The average molecular weight is 394 g/mol. The summed E-state index contributed by atoms with van der Waals surface area (Å²) >= 11 is 6.24. The second kappa shape index (κ2) is 10.6. The molecule has 6 nitrogen and oxygen atoms in total. The molecule has 1 amide bonds. The summed E-state index contributed by atoms with van der Waals surface area (Å²) in [5, 5.41) is 3.34. The zero-order valence-electron chi connectivity index (χ0n) is 15.7. The van der Waals surface area contributed by atoms with Gasteiger partial charge in [-0.2, -0.15) is 0 Å². The fraction of sp³-hybridized carbons (Fsp3) is 0.350. The van der Waals surface area contributed by atoms with Crippen LogP contribution in [0.3, 0.4) is 0 Å². The van der Waals surface area contributed by atoms with Crippen LogP contribution in [0.15, 0.2) is 36.4 Å². The molecule has 0 atom stereocenters. The molecule has 146 valence electrons. The van der Waals surface area contributed by atoms with E-state index in [2.05, 4.69) is 5.32 Å². The van der Waals surface area contributed by atoms with Crippen LogP contribution in [-0.2, 0) is 11.3 Å². The standard InChI is InChI=1S/C20H24ClNO5/c1-4-26-9-10-27-16-7-5-14(6-8-16)20(23)22-13-15-11-18(24-2)19(25-3)12-17(15)21/h5-8,11-12H,4,9-10,13H2,1-3H3,(H,22,23). The molecule has 0 saturated carbocycles. The van der Waals surface area contributed by atoms with E-state index in [0.717, 1.165) is 5.56 Å². The zero-order valence-corrected chi connectivity index (χ0v) is 16.5. The molecule has 0 aromatic heterocycles. The average Bonchev–Trinajstić information content (AvgIpc) is 2.70. The van der Waals surface area contributed by atoms with Gasteiger partial charge in [-0.15, -0.1) is 0 Å². The van der Waals surface area contributed by atoms with Gasteiger partial charge in [-0.1, -0.05) is 11.6 Å². The topological polar surface area (TPSA) is 66.0 Å². The van der Waals surface area contributed by atoms with Crippen molar-refractivity contribution in [1.29, 1.82) is 0 Å². The number of benzene rings is 2. The molecule has 0 aliphatic heterocycles. The fourth-order valence-corrected chi connectivity index (χ4v) is 2.60. The van der Waals surface area contributed by atoms with E-state index in [1.807, 2.05) is 6.92 Å². The maximum atomic E-state index is 12.3. The lowest BCUT2D eigenvalue weighted by Crippen LogP contribution is -2.23. The largest absolute Gasteiger partial charge is 0.493 e. The second-order valence-electron chi connectivity index (χ2n) is 5.55. The molecule has 0 fully saturated rings.